The molecule has 0 aliphatic carbocycles. The van der Waals surface area contributed by atoms with Gasteiger partial charge in [-0.2, -0.15) is 22.7 Å². The summed E-state index contributed by atoms with van der Waals surface area (Å²) in [5, 5.41) is 29.3. The van der Waals surface area contributed by atoms with E-state index < -0.39 is 29.4 Å². The van der Waals surface area contributed by atoms with E-state index in [9.17, 15) is 19.2 Å². The highest BCUT2D eigenvalue weighted by atomic mass is 32.1. The Morgan fingerprint density at radius 1 is 0.672 bits per heavy atom. The molecule has 0 aliphatic rings. The van der Waals surface area contributed by atoms with E-state index in [-0.39, 0.29) is 45.7 Å². The molecule has 13 nitrogen and oxygen atoms in total. The molecule has 6 rings (SSSR count). The average molecular weight is 873 g/mol. The van der Waals surface area contributed by atoms with Crippen LogP contribution in [0, 0.1) is 0 Å². The second-order valence-electron chi connectivity index (χ2n) is 15.5. The highest BCUT2D eigenvalue weighted by Gasteiger charge is 2.23. The molecule has 0 bridgehead atoms. The Morgan fingerprint density at radius 3 is 1.61 bits per heavy atom. The van der Waals surface area contributed by atoms with E-state index in [1.54, 1.807) is 50.7 Å². The highest BCUT2D eigenvalue weighted by Crippen LogP contribution is 2.25. The van der Waals surface area contributed by atoms with Gasteiger partial charge in [0.2, 0.25) is 5.91 Å². The molecule has 15 heteroatoms. The molecule has 0 fully saturated rings. The maximum Gasteiger partial charge on any atom is 0.408 e. The van der Waals surface area contributed by atoms with Gasteiger partial charge in [0.15, 0.2) is 0 Å². The van der Waals surface area contributed by atoms with Crippen molar-refractivity contribution in [1.29, 1.82) is 0 Å². The van der Waals surface area contributed by atoms with Gasteiger partial charge >= 0.3 is 18.2 Å². The number of anilines is 2. The quantitative estimate of drug-likeness (QED) is 0.0782. The minimum absolute atomic E-state index is 0. The number of amides is 3. The first-order chi connectivity index (χ1) is 27.9. The summed E-state index contributed by atoms with van der Waals surface area (Å²) in [4.78, 5) is 55.1. The highest BCUT2D eigenvalue weighted by molar-refractivity contribution is 7.08. The molecule has 6 aromatic rings. The lowest BCUT2D eigenvalue weighted by atomic mass is 10.0. The van der Waals surface area contributed by atoms with Crippen molar-refractivity contribution in [3.05, 3.63) is 118 Å². The Hall–Kier alpha value is -6.06. The number of carboxylic acids is 1. The molecule has 4 aromatic heterocycles. The third kappa shape index (κ3) is 18.8. The first kappa shape index (κ1) is 51.1. The molecule has 61 heavy (non-hydrogen) atoms. The summed E-state index contributed by atoms with van der Waals surface area (Å²) in [7, 11) is 0. The van der Waals surface area contributed by atoms with E-state index in [2.05, 4.69) is 25.9 Å². The Morgan fingerprint density at radius 2 is 1.15 bits per heavy atom. The van der Waals surface area contributed by atoms with Crippen molar-refractivity contribution in [2.24, 2.45) is 0 Å². The van der Waals surface area contributed by atoms with Crippen LogP contribution in [0.5, 0.6) is 0 Å². The summed E-state index contributed by atoms with van der Waals surface area (Å²) in [6, 6.07) is 18.5. The first-order valence-corrected chi connectivity index (χ1v) is 20.8. The SMILES string of the molecule is C.C.CC(C)(C)OC(=O)NC(CCC(=O)Nc1ccc2cnccc2c1)c1ccsc1.CC(C)(C)OC(=O)NC(CCC(=O)O)c1ccsc1.Nc1ccc2cnccc2c1. The van der Waals surface area contributed by atoms with Crippen LogP contribution in [0.3, 0.4) is 0 Å². The van der Waals surface area contributed by atoms with Crippen LogP contribution in [-0.2, 0) is 19.1 Å². The molecule has 0 saturated heterocycles. The van der Waals surface area contributed by atoms with E-state index in [0.29, 0.717) is 12.8 Å². The van der Waals surface area contributed by atoms with Crippen molar-refractivity contribution in [3.8, 4) is 0 Å². The Labute approximate surface area is 367 Å². The van der Waals surface area contributed by atoms with E-state index in [0.717, 1.165) is 44.0 Å². The topological polar surface area (TPSA) is 195 Å². The summed E-state index contributed by atoms with van der Waals surface area (Å²) in [6.07, 6.45) is 7.16. The molecule has 0 radical (unpaired) electrons. The molecule has 4 heterocycles. The third-order valence-electron chi connectivity index (χ3n) is 8.17. The van der Waals surface area contributed by atoms with Gasteiger partial charge in [-0.05, 0) is 146 Å². The van der Waals surface area contributed by atoms with Gasteiger partial charge in [0.1, 0.15) is 11.2 Å². The number of fused-ring (bicyclic) bond motifs is 2. The molecule has 0 aliphatic heterocycles. The number of carbonyl (C=O) groups excluding carboxylic acids is 3. The zero-order valence-corrected chi connectivity index (χ0v) is 35.7. The van der Waals surface area contributed by atoms with Crippen LogP contribution in [0.4, 0.5) is 21.0 Å². The van der Waals surface area contributed by atoms with Gasteiger partial charge < -0.3 is 36.3 Å². The van der Waals surface area contributed by atoms with Gasteiger partial charge in [0.05, 0.1) is 12.1 Å². The average Bonchev–Trinajstić information content (AvgIpc) is 3.90. The number of ether oxygens (including phenoxy) is 2. The van der Waals surface area contributed by atoms with Gasteiger partial charge in [-0.15, -0.1) is 0 Å². The van der Waals surface area contributed by atoms with Gasteiger partial charge in [0.25, 0.3) is 0 Å². The van der Waals surface area contributed by atoms with E-state index in [1.165, 1.54) is 11.3 Å². The van der Waals surface area contributed by atoms with Gasteiger partial charge in [0, 0.05) is 59.8 Å². The number of benzene rings is 2. The molecule has 2 unspecified atom stereocenters. The number of thiophene rings is 2. The number of rotatable bonds is 11. The number of nitrogens with two attached hydrogens (primary N) is 1. The van der Waals surface area contributed by atoms with Gasteiger partial charge in [-0.1, -0.05) is 27.0 Å². The number of alkyl carbamates (subject to hydrolysis) is 2. The van der Waals surface area contributed by atoms with Crippen LogP contribution in [0.25, 0.3) is 21.5 Å². The Balaban J connectivity index is 0.000000343. The molecule has 3 amide bonds. The van der Waals surface area contributed by atoms with Crippen molar-refractivity contribution in [3.63, 3.8) is 0 Å². The summed E-state index contributed by atoms with van der Waals surface area (Å²) < 4.78 is 10.5. The van der Waals surface area contributed by atoms with E-state index in [1.807, 2.05) is 109 Å². The largest absolute Gasteiger partial charge is 0.481 e. The predicted octanol–water partition coefficient (Wildman–Crippen LogP) is 11.5. The van der Waals surface area contributed by atoms with Crippen molar-refractivity contribution >= 4 is 79.7 Å². The second kappa shape index (κ2) is 24.3. The number of nitrogens with zero attached hydrogens (tertiary/aromatic N) is 2. The lowest BCUT2D eigenvalue weighted by Crippen LogP contribution is -2.35. The van der Waals surface area contributed by atoms with Gasteiger partial charge in [-0.3, -0.25) is 19.6 Å². The normalized spacial score (nSPS) is 11.7. The van der Waals surface area contributed by atoms with Crippen LogP contribution in [-0.4, -0.2) is 50.3 Å². The summed E-state index contributed by atoms with van der Waals surface area (Å²) in [5.41, 5.74) is 7.85. The number of carboxylic acid groups (broad SMARTS) is 1. The number of pyridine rings is 2. The zero-order chi connectivity index (χ0) is 43.0. The van der Waals surface area contributed by atoms with Crippen LogP contribution < -0.4 is 21.7 Å². The molecule has 2 atom stereocenters. The summed E-state index contributed by atoms with van der Waals surface area (Å²) >= 11 is 3.05. The number of hydrogen-bond acceptors (Lipinski definition) is 11. The van der Waals surface area contributed by atoms with Crippen LogP contribution in [0.1, 0.15) is 105 Å². The minimum Gasteiger partial charge on any atom is -0.481 e. The summed E-state index contributed by atoms with van der Waals surface area (Å²) in [5.74, 6) is -0.990. The lowest BCUT2D eigenvalue weighted by Gasteiger charge is -2.23. The van der Waals surface area contributed by atoms with Crippen molar-refractivity contribution in [1.82, 2.24) is 20.6 Å². The van der Waals surface area contributed by atoms with Crippen LogP contribution in [0.2, 0.25) is 0 Å². The zero-order valence-electron chi connectivity index (χ0n) is 34.1. The summed E-state index contributed by atoms with van der Waals surface area (Å²) in [6.45, 7) is 10.8. The Bertz CT molecular complexity index is 2270. The standard InChI is InChI=1S/C22H25N3O3S.C13H19NO4S.C9H8N2.2CH4/c1-22(2,3)28-21(27)25-19(17-9-11-29-14-17)6-7-20(26)24-18-5-4-16-13-23-10-8-15(16)12-18;1-13(2,3)18-12(17)14-10(4-5-11(15)16)9-6-7-19-8-9;10-9-2-1-8-6-11-4-3-7(8)5-9;;/h4-5,8-14,19H,6-7H2,1-3H3,(H,24,26)(H,25,27);6-8,10H,4-5H2,1-3H3,(H,14,17)(H,15,16);1-6H,10H2;2*1H4. The molecular weight excluding hydrogens is 813 g/mol. The molecule has 6 N–H and O–H groups in total. The first-order valence-electron chi connectivity index (χ1n) is 18.9. The van der Waals surface area contributed by atoms with E-state index in [4.69, 9.17) is 20.3 Å². The fraction of sp³-hybridized carbons (Fsp3) is 0.348. The molecule has 2 aromatic carbocycles. The fourth-order valence-electron chi connectivity index (χ4n) is 5.52. The monoisotopic (exact) mass is 872 g/mol. The maximum absolute atomic E-state index is 12.5. The maximum atomic E-state index is 12.5. The second-order valence-corrected chi connectivity index (χ2v) is 17.0. The predicted molar refractivity (Wildman–Crippen MR) is 249 cm³/mol. The number of nitrogen functional groups attached to an aromatic ring is 1. The van der Waals surface area contributed by atoms with Gasteiger partial charge in [-0.25, -0.2) is 9.59 Å². The number of aliphatic carboxylic acids is 1. The van der Waals surface area contributed by atoms with Crippen molar-refractivity contribution in [2.75, 3.05) is 11.1 Å². The lowest BCUT2D eigenvalue weighted by molar-refractivity contribution is -0.137. The number of aromatic nitrogens is 2. The molecule has 0 spiro atoms. The smallest absolute Gasteiger partial charge is 0.408 e. The Kier molecular flexibility index (Phi) is 20.3. The molecule has 0 saturated carbocycles. The fourth-order valence-corrected chi connectivity index (χ4v) is 6.95. The third-order valence-corrected chi connectivity index (χ3v) is 9.57. The molecular formula is C46H60N6O7S2. The van der Waals surface area contributed by atoms with E-state index >= 15 is 0 Å². The van der Waals surface area contributed by atoms with Crippen LogP contribution in [0.15, 0.2) is 107 Å². The number of carbonyl (C=O) groups is 4. The number of nitrogens with one attached hydrogen (secondary N) is 3. The molecule has 328 valence electrons. The van der Waals surface area contributed by atoms with Crippen molar-refractivity contribution < 1.29 is 33.8 Å². The minimum atomic E-state index is -0.883. The number of hydrogen-bond donors (Lipinski definition) is 5. The van der Waals surface area contributed by atoms with Crippen LogP contribution >= 0.6 is 22.7 Å². The van der Waals surface area contributed by atoms with Crippen molar-refractivity contribution in [2.45, 2.75) is 105 Å².